The number of amides is 1. The third-order valence-corrected chi connectivity index (χ3v) is 6.63. The van der Waals surface area contributed by atoms with Crippen molar-refractivity contribution in [2.45, 2.75) is 19.5 Å². The second-order valence-electron chi connectivity index (χ2n) is 9.17. The van der Waals surface area contributed by atoms with Gasteiger partial charge in [0.25, 0.3) is 5.91 Å². The number of carbonyl (C=O) groups excluding carboxylic acids is 1. The summed E-state index contributed by atoms with van der Waals surface area (Å²) in [5.74, 6) is -3.67. The molecule has 4 aromatic carbocycles. The van der Waals surface area contributed by atoms with Crippen LogP contribution in [0.1, 0.15) is 34.0 Å². The third-order valence-electron chi connectivity index (χ3n) is 6.63. The molecular weight excluding hydrogens is 542 g/mol. The summed E-state index contributed by atoms with van der Waals surface area (Å²) >= 11 is 0. The Hall–Kier alpha value is -5.19. The zero-order valence-electron chi connectivity index (χ0n) is 21.3. The van der Waals surface area contributed by atoms with Crippen LogP contribution >= 0.6 is 0 Å². The number of phenolic OH excluding ortho intramolecular Hbond substituents is 1. The number of aromatic carboxylic acids is 1. The number of aryl methyl sites for hydroxylation is 1. The molecule has 11 heteroatoms. The van der Waals surface area contributed by atoms with Crippen LogP contribution in [0.15, 0.2) is 84.0 Å². The van der Waals surface area contributed by atoms with Crippen LogP contribution in [0.4, 0.5) is 34.6 Å². The number of anilines is 3. The number of rotatable bonds is 6. The van der Waals surface area contributed by atoms with E-state index in [2.05, 4.69) is 10.5 Å². The van der Waals surface area contributed by atoms with E-state index in [9.17, 15) is 33.0 Å². The minimum Gasteiger partial charge on any atom is -0.505 e. The molecule has 7 nitrogen and oxygen atoms in total. The van der Waals surface area contributed by atoms with E-state index in [1.807, 2.05) is 6.92 Å². The van der Waals surface area contributed by atoms with Gasteiger partial charge in [0.2, 0.25) is 0 Å². The summed E-state index contributed by atoms with van der Waals surface area (Å²) in [5, 5.41) is 24.2. The fourth-order valence-electron chi connectivity index (χ4n) is 4.53. The molecule has 1 heterocycles. The van der Waals surface area contributed by atoms with Gasteiger partial charge in [-0.15, -0.1) is 0 Å². The van der Waals surface area contributed by atoms with Gasteiger partial charge in [0.15, 0.2) is 5.71 Å². The number of alkyl halides is 3. The number of fused-ring (bicyclic) bond motifs is 1. The maximum Gasteiger partial charge on any atom is 0.416 e. The van der Waals surface area contributed by atoms with E-state index in [4.69, 9.17) is 0 Å². The fraction of sp³-hybridized carbons (Fsp3) is 0.100. The van der Waals surface area contributed by atoms with Crippen molar-refractivity contribution < 1.29 is 37.4 Å². The second-order valence-corrected chi connectivity index (χ2v) is 9.17. The van der Waals surface area contributed by atoms with Gasteiger partial charge in [0.1, 0.15) is 11.6 Å². The van der Waals surface area contributed by atoms with Crippen LogP contribution in [-0.2, 0) is 17.4 Å². The summed E-state index contributed by atoms with van der Waals surface area (Å²) in [7, 11) is 0. The average molecular weight is 564 g/mol. The van der Waals surface area contributed by atoms with Gasteiger partial charge in [-0.3, -0.25) is 15.1 Å². The summed E-state index contributed by atoms with van der Waals surface area (Å²) in [4.78, 5) is 25.8. The number of nitrogens with one attached hydrogen (secondary N) is 1. The molecule has 5 rings (SSSR count). The Kier molecular flexibility index (Phi) is 6.96. The lowest BCUT2D eigenvalue weighted by molar-refractivity contribution is -0.137. The van der Waals surface area contributed by atoms with Crippen molar-refractivity contribution in [1.82, 2.24) is 0 Å². The molecule has 0 radical (unpaired) electrons. The zero-order valence-corrected chi connectivity index (χ0v) is 21.3. The predicted octanol–water partition coefficient (Wildman–Crippen LogP) is 6.97. The van der Waals surface area contributed by atoms with Crippen molar-refractivity contribution >= 4 is 34.7 Å². The highest BCUT2D eigenvalue weighted by molar-refractivity contribution is 6.55. The summed E-state index contributed by atoms with van der Waals surface area (Å²) in [5.41, 5.74) is 1.77. The normalized spacial score (nSPS) is 13.9. The number of carboxylic acids is 1. The molecule has 0 saturated carbocycles. The summed E-state index contributed by atoms with van der Waals surface area (Å²) < 4.78 is 55.9. The summed E-state index contributed by atoms with van der Waals surface area (Å²) in [6.07, 6.45) is -4.17. The van der Waals surface area contributed by atoms with Crippen LogP contribution in [0.3, 0.4) is 0 Å². The van der Waals surface area contributed by atoms with Crippen LogP contribution in [0, 0.1) is 5.82 Å². The molecule has 0 spiro atoms. The maximum atomic E-state index is 15.2. The molecular formula is C30H21F4N3O4. The molecule has 0 saturated heterocycles. The molecule has 0 atom stereocenters. The Labute approximate surface area is 231 Å². The van der Waals surface area contributed by atoms with Gasteiger partial charge in [-0.25, -0.2) is 9.18 Å². The van der Waals surface area contributed by atoms with Crippen LogP contribution in [0.5, 0.6) is 5.75 Å². The van der Waals surface area contributed by atoms with E-state index < -0.39 is 40.7 Å². The summed E-state index contributed by atoms with van der Waals surface area (Å²) in [6.45, 7) is 1.92. The lowest BCUT2D eigenvalue weighted by atomic mass is 10.0. The number of aromatic hydroxyl groups is 1. The molecule has 208 valence electrons. The SMILES string of the molecule is CCc1ccc(N2C(=O)C(=NNc3cccc(-c4cccc(C(=O)O)c4)c3O)c3c(F)cc(C(F)(F)F)cc32)cc1. The Morgan fingerprint density at radius 3 is 2.37 bits per heavy atom. The number of carboxylic acid groups (broad SMARTS) is 1. The molecule has 1 aliphatic rings. The minimum atomic E-state index is -4.86. The number of para-hydroxylation sites is 1. The lowest BCUT2D eigenvalue weighted by Gasteiger charge is -2.18. The van der Waals surface area contributed by atoms with Crippen molar-refractivity contribution in [2.75, 3.05) is 10.3 Å². The van der Waals surface area contributed by atoms with Gasteiger partial charge >= 0.3 is 12.1 Å². The van der Waals surface area contributed by atoms with Crippen LogP contribution in [-0.4, -0.2) is 27.8 Å². The number of nitrogens with zero attached hydrogens (tertiary/aromatic N) is 2. The second kappa shape index (κ2) is 10.4. The van der Waals surface area contributed by atoms with Gasteiger partial charge in [0.05, 0.1) is 28.1 Å². The predicted molar refractivity (Wildman–Crippen MR) is 145 cm³/mol. The van der Waals surface area contributed by atoms with E-state index >= 15 is 4.39 Å². The number of halogens is 4. The lowest BCUT2D eigenvalue weighted by Crippen LogP contribution is -2.26. The Morgan fingerprint density at radius 1 is 1.00 bits per heavy atom. The van der Waals surface area contributed by atoms with Gasteiger partial charge in [-0.2, -0.15) is 18.3 Å². The zero-order chi connectivity index (χ0) is 29.5. The molecule has 0 aliphatic carbocycles. The molecule has 3 N–H and O–H groups in total. The quantitative estimate of drug-likeness (QED) is 0.134. The first kappa shape index (κ1) is 27.4. The summed E-state index contributed by atoms with van der Waals surface area (Å²) in [6, 6.07) is 17.8. The van der Waals surface area contributed by atoms with Crippen molar-refractivity contribution in [1.29, 1.82) is 0 Å². The Morgan fingerprint density at radius 2 is 1.71 bits per heavy atom. The van der Waals surface area contributed by atoms with E-state index in [0.717, 1.165) is 10.5 Å². The highest BCUT2D eigenvalue weighted by atomic mass is 19.4. The van der Waals surface area contributed by atoms with Gasteiger partial charge < -0.3 is 10.2 Å². The number of phenols is 1. The van der Waals surface area contributed by atoms with Crippen LogP contribution in [0.2, 0.25) is 0 Å². The number of hydrogen-bond donors (Lipinski definition) is 3. The Bertz CT molecular complexity index is 1720. The molecule has 0 aromatic heterocycles. The number of benzene rings is 4. The first-order valence-corrected chi connectivity index (χ1v) is 12.3. The van der Waals surface area contributed by atoms with E-state index in [1.54, 1.807) is 30.3 Å². The smallest absolute Gasteiger partial charge is 0.416 e. The molecule has 0 bridgehead atoms. The number of hydrazone groups is 1. The van der Waals surface area contributed by atoms with E-state index in [0.29, 0.717) is 24.1 Å². The van der Waals surface area contributed by atoms with Crippen molar-refractivity contribution in [3.05, 3.63) is 107 Å². The largest absolute Gasteiger partial charge is 0.505 e. The molecule has 0 unspecified atom stereocenters. The van der Waals surface area contributed by atoms with Crippen LogP contribution < -0.4 is 10.3 Å². The molecule has 1 amide bonds. The minimum absolute atomic E-state index is 0.00516. The number of hydrogen-bond acceptors (Lipinski definition) is 5. The van der Waals surface area contributed by atoms with Crippen LogP contribution in [0.25, 0.3) is 11.1 Å². The standard InChI is InChI=1S/C30H21F4N3O4/c1-2-16-9-11-20(12-10-16)37-24-15-19(30(32,33)34)14-22(31)25(24)26(28(37)39)36-35-23-8-4-7-21(27(23)38)17-5-3-6-18(13-17)29(40)41/h3-15,35,38H,2H2,1H3,(H,40,41). The van der Waals surface area contributed by atoms with E-state index in [1.165, 1.54) is 36.4 Å². The Balaban J connectivity index is 1.58. The van der Waals surface area contributed by atoms with Gasteiger partial charge in [-0.05, 0) is 60.0 Å². The van der Waals surface area contributed by atoms with Crippen molar-refractivity contribution in [2.24, 2.45) is 5.10 Å². The first-order chi connectivity index (χ1) is 19.5. The monoisotopic (exact) mass is 563 g/mol. The molecule has 0 fully saturated rings. The topological polar surface area (TPSA) is 102 Å². The molecule has 4 aromatic rings. The van der Waals surface area contributed by atoms with Gasteiger partial charge in [0, 0.05) is 11.3 Å². The van der Waals surface area contributed by atoms with Gasteiger partial charge in [-0.1, -0.05) is 43.3 Å². The number of carbonyl (C=O) groups is 2. The highest BCUT2D eigenvalue weighted by Gasteiger charge is 2.41. The maximum absolute atomic E-state index is 15.2. The van der Waals surface area contributed by atoms with E-state index in [-0.39, 0.29) is 33.9 Å². The average Bonchev–Trinajstić information content (AvgIpc) is 3.23. The fourth-order valence-corrected chi connectivity index (χ4v) is 4.53. The molecule has 1 aliphatic heterocycles. The van der Waals surface area contributed by atoms with Crippen molar-refractivity contribution in [3.8, 4) is 16.9 Å². The molecule has 41 heavy (non-hydrogen) atoms. The highest BCUT2D eigenvalue weighted by Crippen LogP contribution is 2.42. The third kappa shape index (κ3) is 5.09. The van der Waals surface area contributed by atoms with Crippen molar-refractivity contribution in [3.63, 3.8) is 0 Å². The first-order valence-electron chi connectivity index (χ1n) is 12.3.